The summed E-state index contributed by atoms with van der Waals surface area (Å²) in [6, 6.07) is 13.7. The number of carbonyl (C=O) groups excluding carboxylic acids is 2. The molecule has 0 unspecified atom stereocenters. The van der Waals surface area contributed by atoms with E-state index in [1.54, 1.807) is 62.6 Å². The standard InChI is InChI=1S/C18H17ClN6O2/c1-24(2)18(27)13-5-9-15(10-6-13)20-16(26)11-25-22-17(21-23-25)12-3-7-14(19)8-4-12/h3-10H,11H2,1-2H3,(H,20,26). The summed E-state index contributed by atoms with van der Waals surface area (Å²) < 4.78 is 0. The van der Waals surface area contributed by atoms with Gasteiger partial charge in [-0.1, -0.05) is 11.6 Å². The van der Waals surface area contributed by atoms with E-state index in [-0.39, 0.29) is 18.4 Å². The molecule has 0 fully saturated rings. The van der Waals surface area contributed by atoms with Gasteiger partial charge in [-0.2, -0.15) is 4.80 Å². The van der Waals surface area contributed by atoms with Crippen LogP contribution in [-0.2, 0) is 11.3 Å². The first kappa shape index (κ1) is 18.5. The van der Waals surface area contributed by atoms with Gasteiger partial charge in [0.1, 0.15) is 6.54 Å². The maximum Gasteiger partial charge on any atom is 0.253 e. The van der Waals surface area contributed by atoms with Gasteiger partial charge in [-0.15, -0.1) is 10.2 Å². The molecule has 9 heteroatoms. The van der Waals surface area contributed by atoms with Crippen molar-refractivity contribution in [1.82, 2.24) is 25.1 Å². The van der Waals surface area contributed by atoms with Crippen molar-refractivity contribution < 1.29 is 9.59 Å². The van der Waals surface area contributed by atoms with Crippen LogP contribution in [0.15, 0.2) is 48.5 Å². The molecular weight excluding hydrogens is 368 g/mol. The minimum atomic E-state index is -0.304. The summed E-state index contributed by atoms with van der Waals surface area (Å²) in [6.07, 6.45) is 0. The highest BCUT2D eigenvalue weighted by molar-refractivity contribution is 6.30. The summed E-state index contributed by atoms with van der Waals surface area (Å²) in [4.78, 5) is 26.7. The normalized spacial score (nSPS) is 10.5. The molecule has 0 saturated carbocycles. The van der Waals surface area contributed by atoms with Crippen molar-refractivity contribution in [2.75, 3.05) is 19.4 Å². The SMILES string of the molecule is CN(C)C(=O)c1ccc(NC(=O)Cn2nnc(-c3ccc(Cl)cc3)n2)cc1. The fourth-order valence-electron chi connectivity index (χ4n) is 2.31. The van der Waals surface area contributed by atoms with Gasteiger partial charge in [0.15, 0.2) is 0 Å². The maximum atomic E-state index is 12.2. The van der Waals surface area contributed by atoms with Crippen molar-refractivity contribution in [1.29, 1.82) is 0 Å². The first-order valence-corrected chi connectivity index (χ1v) is 8.45. The first-order valence-electron chi connectivity index (χ1n) is 8.07. The number of nitrogens with one attached hydrogen (secondary N) is 1. The summed E-state index contributed by atoms with van der Waals surface area (Å²) in [6.45, 7) is -0.0844. The van der Waals surface area contributed by atoms with E-state index >= 15 is 0 Å². The number of halogens is 1. The van der Waals surface area contributed by atoms with Crippen LogP contribution < -0.4 is 5.32 Å². The van der Waals surface area contributed by atoms with E-state index in [1.165, 1.54) is 9.70 Å². The first-order chi connectivity index (χ1) is 12.9. The van der Waals surface area contributed by atoms with Crippen molar-refractivity contribution in [2.45, 2.75) is 6.54 Å². The van der Waals surface area contributed by atoms with Gasteiger partial charge in [0.25, 0.3) is 5.91 Å². The van der Waals surface area contributed by atoms with Crippen LogP contribution in [0.5, 0.6) is 0 Å². The highest BCUT2D eigenvalue weighted by atomic mass is 35.5. The maximum absolute atomic E-state index is 12.2. The number of tetrazole rings is 1. The molecule has 27 heavy (non-hydrogen) atoms. The minimum Gasteiger partial charge on any atom is -0.345 e. The van der Waals surface area contributed by atoms with Crippen LogP contribution in [0.1, 0.15) is 10.4 Å². The molecule has 0 aliphatic rings. The molecule has 2 amide bonds. The predicted molar refractivity (Wildman–Crippen MR) is 101 cm³/mol. The smallest absolute Gasteiger partial charge is 0.253 e. The number of rotatable bonds is 5. The second kappa shape index (κ2) is 7.96. The Kier molecular flexibility index (Phi) is 5.46. The van der Waals surface area contributed by atoms with Crippen LogP contribution in [0.25, 0.3) is 11.4 Å². The summed E-state index contributed by atoms with van der Waals surface area (Å²) in [5.41, 5.74) is 1.88. The Morgan fingerprint density at radius 1 is 1.07 bits per heavy atom. The molecular formula is C18H17ClN6O2. The highest BCUT2D eigenvalue weighted by Gasteiger charge is 2.11. The van der Waals surface area contributed by atoms with Gasteiger partial charge in [-0.05, 0) is 53.7 Å². The Morgan fingerprint density at radius 3 is 2.37 bits per heavy atom. The average Bonchev–Trinajstić information content (AvgIpc) is 3.10. The average molecular weight is 385 g/mol. The lowest BCUT2D eigenvalue weighted by atomic mass is 10.2. The van der Waals surface area contributed by atoms with Crippen LogP contribution in [0.4, 0.5) is 5.69 Å². The van der Waals surface area contributed by atoms with Crippen molar-refractivity contribution in [2.24, 2.45) is 0 Å². The number of anilines is 1. The summed E-state index contributed by atoms with van der Waals surface area (Å²) in [5.74, 6) is 0.00202. The molecule has 3 rings (SSSR count). The zero-order valence-electron chi connectivity index (χ0n) is 14.8. The Labute approximate surface area is 160 Å². The van der Waals surface area contributed by atoms with E-state index in [0.29, 0.717) is 22.1 Å². The van der Waals surface area contributed by atoms with Gasteiger partial charge in [0, 0.05) is 35.9 Å². The third-order valence-corrected chi connectivity index (χ3v) is 3.91. The molecule has 1 heterocycles. The molecule has 8 nitrogen and oxygen atoms in total. The second-order valence-corrected chi connectivity index (χ2v) is 6.41. The van der Waals surface area contributed by atoms with Gasteiger partial charge in [-0.3, -0.25) is 9.59 Å². The molecule has 1 aromatic heterocycles. The van der Waals surface area contributed by atoms with Gasteiger partial charge < -0.3 is 10.2 Å². The number of benzene rings is 2. The molecule has 138 valence electrons. The molecule has 0 aliphatic carbocycles. The van der Waals surface area contributed by atoms with E-state index in [2.05, 4.69) is 20.7 Å². The van der Waals surface area contributed by atoms with E-state index in [4.69, 9.17) is 11.6 Å². The quantitative estimate of drug-likeness (QED) is 0.728. The van der Waals surface area contributed by atoms with Crippen molar-refractivity contribution in [3.8, 4) is 11.4 Å². The van der Waals surface area contributed by atoms with E-state index < -0.39 is 0 Å². The number of nitrogens with zero attached hydrogens (tertiary/aromatic N) is 5. The van der Waals surface area contributed by atoms with Crippen LogP contribution in [0, 0.1) is 0 Å². The third kappa shape index (κ3) is 4.68. The number of amides is 2. The Morgan fingerprint density at radius 2 is 1.74 bits per heavy atom. The molecule has 0 saturated heterocycles. The number of carbonyl (C=O) groups is 2. The monoisotopic (exact) mass is 384 g/mol. The summed E-state index contributed by atoms with van der Waals surface area (Å²) in [5, 5.41) is 15.4. The lowest BCUT2D eigenvalue weighted by molar-refractivity contribution is -0.117. The molecule has 2 aromatic carbocycles. The number of hydrogen-bond donors (Lipinski definition) is 1. The molecule has 3 aromatic rings. The zero-order valence-corrected chi connectivity index (χ0v) is 15.5. The van der Waals surface area contributed by atoms with Crippen LogP contribution in [0.3, 0.4) is 0 Å². The van der Waals surface area contributed by atoms with E-state index in [0.717, 1.165) is 5.56 Å². The van der Waals surface area contributed by atoms with Crippen LogP contribution in [0.2, 0.25) is 5.02 Å². The highest BCUT2D eigenvalue weighted by Crippen LogP contribution is 2.17. The lowest BCUT2D eigenvalue weighted by Gasteiger charge is -2.10. The number of aromatic nitrogens is 4. The van der Waals surface area contributed by atoms with Crippen LogP contribution >= 0.6 is 11.6 Å². The molecule has 0 bridgehead atoms. The molecule has 0 atom stereocenters. The molecule has 0 radical (unpaired) electrons. The van der Waals surface area contributed by atoms with Gasteiger partial charge in [0.05, 0.1) is 0 Å². The van der Waals surface area contributed by atoms with Crippen LogP contribution in [-0.4, -0.2) is 51.0 Å². The summed E-state index contributed by atoms with van der Waals surface area (Å²) in [7, 11) is 3.36. The van der Waals surface area contributed by atoms with E-state index in [1.807, 2.05) is 0 Å². The van der Waals surface area contributed by atoms with Crippen molar-refractivity contribution in [3.63, 3.8) is 0 Å². The topological polar surface area (TPSA) is 93.0 Å². The second-order valence-electron chi connectivity index (χ2n) is 5.98. The Hall–Kier alpha value is -3.26. The lowest BCUT2D eigenvalue weighted by Crippen LogP contribution is -2.22. The fraction of sp³-hybridized carbons (Fsp3) is 0.167. The summed E-state index contributed by atoms with van der Waals surface area (Å²) >= 11 is 5.86. The molecule has 0 aliphatic heterocycles. The van der Waals surface area contributed by atoms with Crippen molar-refractivity contribution in [3.05, 3.63) is 59.1 Å². The molecule has 0 spiro atoms. The predicted octanol–water partition coefficient (Wildman–Crippen LogP) is 2.33. The largest absolute Gasteiger partial charge is 0.345 e. The van der Waals surface area contributed by atoms with Crippen molar-refractivity contribution >= 4 is 29.1 Å². The Balaban J connectivity index is 1.61. The third-order valence-electron chi connectivity index (χ3n) is 3.66. The fourth-order valence-corrected chi connectivity index (χ4v) is 2.43. The van der Waals surface area contributed by atoms with Gasteiger partial charge in [-0.25, -0.2) is 0 Å². The Bertz CT molecular complexity index is 951. The van der Waals surface area contributed by atoms with Gasteiger partial charge >= 0.3 is 0 Å². The van der Waals surface area contributed by atoms with Gasteiger partial charge in [0.2, 0.25) is 11.7 Å². The zero-order chi connectivity index (χ0) is 19.4. The molecule has 1 N–H and O–H groups in total. The van der Waals surface area contributed by atoms with E-state index in [9.17, 15) is 9.59 Å². The number of hydrogen-bond acceptors (Lipinski definition) is 5. The minimum absolute atomic E-state index is 0.0844.